The first-order valence-electron chi connectivity index (χ1n) is 8.21. The molecular weight excluding hydrogens is 268 g/mol. The summed E-state index contributed by atoms with van der Waals surface area (Å²) in [4.78, 5) is 11.7. The molecule has 2 fully saturated rings. The van der Waals surface area contributed by atoms with Gasteiger partial charge in [0.25, 0.3) is 0 Å². The molecule has 5 heteroatoms. The molecule has 0 aromatic heterocycles. The molecule has 21 heavy (non-hydrogen) atoms. The zero-order chi connectivity index (χ0) is 15.5. The summed E-state index contributed by atoms with van der Waals surface area (Å²) in [5, 5.41) is 16.5. The fourth-order valence-corrected chi connectivity index (χ4v) is 3.01. The average molecular weight is 298 g/mol. The van der Waals surface area contributed by atoms with E-state index in [1.807, 2.05) is 20.8 Å². The minimum Gasteiger partial charge on any atom is -0.444 e. The van der Waals surface area contributed by atoms with Crippen LogP contribution in [-0.2, 0) is 4.74 Å². The molecule has 1 amide bonds. The number of carbonyl (C=O) groups excluding carboxylic acids is 1. The number of hydrogen-bond acceptors (Lipinski definition) is 4. The molecule has 2 aliphatic carbocycles. The van der Waals surface area contributed by atoms with Crippen LogP contribution in [0.5, 0.6) is 0 Å². The van der Waals surface area contributed by atoms with Gasteiger partial charge in [0.15, 0.2) is 0 Å². The van der Waals surface area contributed by atoms with Crippen molar-refractivity contribution in [2.24, 2.45) is 0 Å². The number of hydrogen-bond donors (Lipinski definition) is 3. The maximum Gasteiger partial charge on any atom is 0.407 e. The first-order valence-corrected chi connectivity index (χ1v) is 8.21. The molecule has 0 heterocycles. The van der Waals surface area contributed by atoms with Crippen molar-refractivity contribution in [2.75, 3.05) is 6.54 Å². The molecule has 5 nitrogen and oxygen atoms in total. The molecule has 2 rings (SSSR count). The van der Waals surface area contributed by atoms with Gasteiger partial charge < -0.3 is 20.5 Å². The average Bonchev–Trinajstić information content (AvgIpc) is 2.33. The van der Waals surface area contributed by atoms with Gasteiger partial charge >= 0.3 is 6.09 Å². The quantitative estimate of drug-likeness (QED) is 0.745. The van der Waals surface area contributed by atoms with Crippen LogP contribution in [-0.4, -0.2) is 41.0 Å². The van der Waals surface area contributed by atoms with E-state index >= 15 is 0 Å². The highest BCUT2D eigenvalue weighted by Gasteiger charge is 2.35. The van der Waals surface area contributed by atoms with Gasteiger partial charge in [0, 0.05) is 18.6 Å². The summed E-state index contributed by atoms with van der Waals surface area (Å²) in [6, 6.07) is 0.677. The molecule has 0 bridgehead atoms. The van der Waals surface area contributed by atoms with Crippen molar-refractivity contribution in [1.29, 1.82) is 0 Å². The Morgan fingerprint density at radius 1 is 1.19 bits per heavy atom. The highest BCUT2D eigenvalue weighted by atomic mass is 16.6. The second-order valence-electron chi connectivity index (χ2n) is 7.65. The van der Waals surface area contributed by atoms with E-state index in [0.717, 1.165) is 44.9 Å². The smallest absolute Gasteiger partial charge is 0.407 e. The van der Waals surface area contributed by atoms with E-state index in [1.54, 1.807) is 0 Å². The van der Waals surface area contributed by atoms with Crippen molar-refractivity contribution in [3.05, 3.63) is 0 Å². The maximum atomic E-state index is 11.7. The van der Waals surface area contributed by atoms with Crippen LogP contribution in [0.3, 0.4) is 0 Å². The van der Waals surface area contributed by atoms with Crippen LogP contribution in [0, 0.1) is 0 Å². The van der Waals surface area contributed by atoms with Crippen molar-refractivity contribution in [1.82, 2.24) is 10.6 Å². The Morgan fingerprint density at radius 2 is 1.76 bits per heavy atom. The molecule has 0 aliphatic heterocycles. The van der Waals surface area contributed by atoms with Gasteiger partial charge in [-0.2, -0.15) is 0 Å². The summed E-state index contributed by atoms with van der Waals surface area (Å²) in [5.41, 5.74) is -0.896. The summed E-state index contributed by atoms with van der Waals surface area (Å²) in [7, 11) is 0. The number of rotatable bonds is 4. The van der Waals surface area contributed by atoms with Crippen LogP contribution in [0.1, 0.15) is 65.7 Å². The van der Waals surface area contributed by atoms with Crippen LogP contribution in [0.2, 0.25) is 0 Å². The number of aliphatic hydroxyl groups is 1. The largest absolute Gasteiger partial charge is 0.444 e. The van der Waals surface area contributed by atoms with E-state index in [1.165, 1.54) is 0 Å². The van der Waals surface area contributed by atoms with Crippen molar-refractivity contribution < 1.29 is 14.6 Å². The topological polar surface area (TPSA) is 70.6 Å². The maximum absolute atomic E-state index is 11.7. The molecule has 0 saturated heterocycles. The van der Waals surface area contributed by atoms with E-state index in [0.29, 0.717) is 12.6 Å². The Labute approximate surface area is 127 Å². The normalized spacial score (nSPS) is 28.6. The van der Waals surface area contributed by atoms with E-state index < -0.39 is 11.2 Å². The lowest BCUT2D eigenvalue weighted by Crippen LogP contribution is -2.50. The van der Waals surface area contributed by atoms with E-state index in [4.69, 9.17) is 4.74 Å². The van der Waals surface area contributed by atoms with Gasteiger partial charge in [0.1, 0.15) is 5.60 Å². The van der Waals surface area contributed by atoms with E-state index in [-0.39, 0.29) is 12.1 Å². The fourth-order valence-electron chi connectivity index (χ4n) is 3.01. The zero-order valence-electron chi connectivity index (χ0n) is 13.6. The first-order chi connectivity index (χ1) is 9.76. The lowest BCUT2D eigenvalue weighted by molar-refractivity contribution is -0.0340. The molecule has 0 unspecified atom stereocenters. The van der Waals surface area contributed by atoms with Gasteiger partial charge in [-0.1, -0.05) is 0 Å². The summed E-state index contributed by atoms with van der Waals surface area (Å²) in [6.45, 7) is 6.33. The highest BCUT2D eigenvalue weighted by molar-refractivity contribution is 5.68. The van der Waals surface area contributed by atoms with E-state index in [2.05, 4.69) is 10.6 Å². The fraction of sp³-hybridized carbons (Fsp3) is 0.938. The van der Waals surface area contributed by atoms with Gasteiger partial charge in [-0.3, -0.25) is 0 Å². The molecule has 0 aromatic carbocycles. The molecular formula is C16H30N2O3. The van der Waals surface area contributed by atoms with Gasteiger partial charge in [0.05, 0.1) is 5.60 Å². The lowest BCUT2D eigenvalue weighted by atomic mass is 9.80. The number of carbonyl (C=O) groups is 1. The lowest BCUT2D eigenvalue weighted by Gasteiger charge is -2.39. The predicted molar refractivity (Wildman–Crippen MR) is 82.2 cm³/mol. The van der Waals surface area contributed by atoms with Crippen LogP contribution in [0.15, 0.2) is 0 Å². The predicted octanol–water partition coefficient (Wildman–Crippen LogP) is 2.33. The number of amides is 1. The van der Waals surface area contributed by atoms with Gasteiger partial charge in [-0.25, -0.2) is 4.79 Å². The Bertz CT molecular complexity index is 353. The number of ether oxygens (including phenoxy) is 1. The minimum absolute atomic E-state index is 0.213. The monoisotopic (exact) mass is 298 g/mol. The van der Waals surface area contributed by atoms with Gasteiger partial charge in [-0.15, -0.1) is 0 Å². The van der Waals surface area contributed by atoms with Gasteiger partial charge in [0.2, 0.25) is 0 Å². The van der Waals surface area contributed by atoms with Crippen LogP contribution >= 0.6 is 0 Å². The molecule has 2 saturated carbocycles. The van der Waals surface area contributed by atoms with Crippen LogP contribution in [0.4, 0.5) is 4.79 Å². The minimum atomic E-state index is -0.453. The third-order valence-corrected chi connectivity index (χ3v) is 4.45. The zero-order valence-corrected chi connectivity index (χ0v) is 13.6. The van der Waals surface area contributed by atoms with Crippen molar-refractivity contribution in [3.8, 4) is 0 Å². The van der Waals surface area contributed by atoms with Gasteiger partial charge in [-0.05, 0) is 65.7 Å². The first kappa shape index (κ1) is 16.6. The molecule has 122 valence electrons. The summed E-state index contributed by atoms with van der Waals surface area (Å²) in [6.07, 6.45) is 6.69. The second kappa shape index (κ2) is 6.53. The highest BCUT2D eigenvalue weighted by Crippen LogP contribution is 2.31. The third-order valence-electron chi connectivity index (χ3n) is 4.45. The third kappa shape index (κ3) is 5.47. The Kier molecular flexibility index (Phi) is 5.15. The second-order valence-corrected chi connectivity index (χ2v) is 7.65. The molecule has 0 aromatic rings. The Hall–Kier alpha value is -0.810. The summed E-state index contributed by atoms with van der Waals surface area (Å²) in [5.74, 6) is 0. The standard InChI is InChI=1S/C16H30N2O3/c1-15(2,3)21-14(19)18-13-7-5-12(6-8-13)17-11-16(20)9-4-10-16/h12-13,17,20H,4-11H2,1-3H3,(H,18,19). The van der Waals surface area contributed by atoms with Crippen LogP contribution < -0.4 is 10.6 Å². The van der Waals surface area contributed by atoms with Crippen molar-refractivity contribution in [2.45, 2.75) is 89.0 Å². The number of alkyl carbamates (subject to hydrolysis) is 1. The molecule has 3 N–H and O–H groups in total. The Morgan fingerprint density at radius 3 is 2.24 bits per heavy atom. The molecule has 0 atom stereocenters. The van der Waals surface area contributed by atoms with Crippen molar-refractivity contribution in [3.63, 3.8) is 0 Å². The molecule has 0 spiro atoms. The summed E-state index contributed by atoms with van der Waals surface area (Å²) >= 11 is 0. The van der Waals surface area contributed by atoms with Crippen molar-refractivity contribution >= 4 is 6.09 Å². The summed E-state index contributed by atoms with van der Waals surface area (Å²) < 4.78 is 5.28. The number of nitrogens with one attached hydrogen (secondary N) is 2. The van der Waals surface area contributed by atoms with E-state index in [9.17, 15) is 9.90 Å². The Balaban J connectivity index is 1.62. The SMILES string of the molecule is CC(C)(C)OC(=O)NC1CCC(NCC2(O)CCC2)CC1. The molecule has 0 radical (unpaired) electrons. The van der Waals surface area contributed by atoms with Crippen LogP contribution in [0.25, 0.3) is 0 Å². The molecule has 2 aliphatic rings.